The molecule has 12 heteroatoms. The van der Waals surface area contributed by atoms with Gasteiger partial charge in [0.15, 0.2) is 5.13 Å². The average Bonchev–Trinajstić information content (AvgIpc) is 3.41. The predicted octanol–water partition coefficient (Wildman–Crippen LogP) is 5.67. The molecule has 1 aliphatic rings. The first-order chi connectivity index (χ1) is 17.8. The summed E-state index contributed by atoms with van der Waals surface area (Å²) >= 11 is 7.50. The van der Waals surface area contributed by atoms with E-state index in [1.165, 1.54) is 36.9 Å². The minimum absolute atomic E-state index is 0.230. The second kappa shape index (κ2) is 10.4. The summed E-state index contributed by atoms with van der Waals surface area (Å²) in [6.45, 7) is 3.39. The average molecular weight is 543 g/mol. The van der Waals surface area contributed by atoms with Gasteiger partial charge in [-0.2, -0.15) is 0 Å². The molecule has 190 valence electrons. The topological polar surface area (TPSA) is 93.1 Å². The summed E-state index contributed by atoms with van der Waals surface area (Å²) < 4.78 is 31.3. The number of amides is 1. The number of carbonyl (C=O) groups excluding carboxylic acids is 1. The fraction of sp³-hybridized carbons (Fsp3) is 0.240. The van der Waals surface area contributed by atoms with Gasteiger partial charge >= 0.3 is 0 Å². The lowest BCUT2D eigenvalue weighted by molar-refractivity contribution is 0.102. The molecule has 4 aromatic heterocycles. The lowest BCUT2D eigenvalue weighted by atomic mass is 10.0. The Bertz CT molecular complexity index is 1460. The molecule has 5 heterocycles. The Balaban J connectivity index is 1.32. The quantitative estimate of drug-likeness (QED) is 0.301. The number of pyridine rings is 3. The number of hydrogen-bond donors (Lipinski definition) is 1. The summed E-state index contributed by atoms with van der Waals surface area (Å²) in [6, 6.07) is 8.07. The van der Waals surface area contributed by atoms with Crippen molar-refractivity contribution in [1.29, 1.82) is 0 Å². The van der Waals surface area contributed by atoms with Gasteiger partial charge in [0.25, 0.3) is 12.3 Å². The van der Waals surface area contributed by atoms with Crippen LogP contribution < -0.4 is 10.1 Å². The third-order valence-electron chi connectivity index (χ3n) is 5.81. The lowest BCUT2D eigenvalue weighted by Crippen LogP contribution is -2.18. The largest absolute Gasteiger partial charge is 0.494 e. The van der Waals surface area contributed by atoms with Crippen molar-refractivity contribution in [2.45, 2.75) is 33.0 Å². The zero-order valence-corrected chi connectivity index (χ0v) is 21.4. The summed E-state index contributed by atoms with van der Waals surface area (Å²) in [4.78, 5) is 33.3. The molecule has 0 aromatic carbocycles. The van der Waals surface area contributed by atoms with E-state index in [4.69, 9.17) is 16.3 Å². The van der Waals surface area contributed by atoms with Crippen LogP contribution in [0, 0.1) is 6.92 Å². The zero-order valence-electron chi connectivity index (χ0n) is 19.8. The number of carbonyl (C=O) groups is 1. The first kappa shape index (κ1) is 25.1. The fourth-order valence-corrected chi connectivity index (χ4v) is 5.29. The second-order valence-electron chi connectivity index (χ2n) is 8.42. The van der Waals surface area contributed by atoms with Gasteiger partial charge in [-0.25, -0.2) is 18.7 Å². The smallest absolute Gasteiger partial charge is 0.280 e. The molecule has 0 saturated heterocycles. The Labute approximate surface area is 220 Å². The van der Waals surface area contributed by atoms with Crippen molar-refractivity contribution in [1.82, 2.24) is 24.8 Å². The molecule has 0 spiro atoms. The maximum atomic E-state index is 13.3. The highest BCUT2D eigenvalue weighted by molar-refractivity contribution is 7.15. The van der Waals surface area contributed by atoms with E-state index in [2.05, 4.69) is 30.2 Å². The molecule has 0 radical (unpaired) electrons. The fourth-order valence-electron chi connectivity index (χ4n) is 4.12. The Morgan fingerprint density at radius 1 is 1.19 bits per heavy atom. The Hall–Kier alpha value is -3.54. The van der Waals surface area contributed by atoms with E-state index in [1.54, 1.807) is 24.3 Å². The number of anilines is 1. The number of thiazole rings is 1. The van der Waals surface area contributed by atoms with Crippen LogP contribution in [0.4, 0.5) is 13.9 Å². The van der Waals surface area contributed by atoms with E-state index >= 15 is 0 Å². The summed E-state index contributed by atoms with van der Waals surface area (Å²) in [5, 5.41) is 3.62. The number of nitrogens with one attached hydrogen (secondary N) is 1. The maximum Gasteiger partial charge on any atom is 0.280 e. The van der Waals surface area contributed by atoms with Crippen LogP contribution in [0.5, 0.6) is 5.75 Å². The van der Waals surface area contributed by atoms with Crippen molar-refractivity contribution in [3.8, 4) is 16.9 Å². The number of rotatable bonds is 7. The molecule has 1 amide bonds. The number of aryl methyl sites for hydroxylation is 1. The molecule has 0 bridgehead atoms. The van der Waals surface area contributed by atoms with E-state index in [-0.39, 0.29) is 16.8 Å². The minimum Gasteiger partial charge on any atom is -0.494 e. The number of halogens is 3. The molecule has 5 rings (SSSR count). The highest BCUT2D eigenvalue weighted by Crippen LogP contribution is 2.35. The van der Waals surface area contributed by atoms with Crippen molar-refractivity contribution >= 4 is 34.0 Å². The first-order valence-electron chi connectivity index (χ1n) is 11.2. The molecule has 1 aliphatic heterocycles. The number of ether oxygens (including phenoxy) is 1. The Morgan fingerprint density at radius 2 is 2.03 bits per heavy atom. The molecule has 0 aliphatic carbocycles. The van der Waals surface area contributed by atoms with Gasteiger partial charge < -0.3 is 4.74 Å². The lowest BCUT2D eigenvalue weighted by Gasteiger charge is -2.15. The molecule has 0 unspecified atom stereocenters. The predicted molar refractivity (Wildman–Crippen MR) is 136 cm³/mol. The third-order valence-corrected chi connectivity index (χ3v) is 7.01. The van der Waals surface area contributed by atoms with Crippen LogP contribution in [0.25, 0.3) is 11.1 Å². The van der Waals surface area contributed by atoms with Crippen LogP contribution >= 0.6 is 22.9 Å². The standard InChI is InChI=1S/C25H21ClF2N6O2S/c1-13-6-15(16-7-22(26)30-9-20(16)36-2)17(8-29-13)24(35)33-25-32-19-11-34(12-21(19)37-25)10-14-4-3-5-18(31-14)23(27)28/h3-9,23H,10-12H2,1-2H3,(H,32,33,35). The van der Waals surface area contributed by atoms with Crippen molar-refractivity contribution in [2.75, 3.05) is 12.4 Å². The van der Waals surface area contributed by atoms with Crippen LogP contribution in [-0.2, 0) is 19.6 Å². The van der Waals surface area contributed by atoms with E-state index in [1.807, 2.05) is 6.92 Å². The van der Waals surface area contributed by atoms with Gasteiger partial charge in [-0.1, -0.05) is 17.7 Å². The number of nitrogens with zero attached hydrogens (tertiary/aromatic N) is 5. The van der Waals surface area contributed by atoms with Crippen LogP contribution in [0.3, 0.4) is 0 Å². The van der Waals surface area contributed by atoms with Crippen LogP contribution in [0.1, 0.15) is 44.4 Å². The van der Waals surface area contributed by atoms with Crippen molar-refractivity contribution in [3.63, 3.8) is 0 Å². The van der Waals surface area contributed by atoms with Gasteiger partial charge in [-0.15, -0.1) is 11.3 Å². The van der Waals surface area contributed by atoms with Gasteiger partial charge in [0.05, 0.1) is 30.3 Å². The van der Waals surface area contributed by atoms with Gasteiger partial charge in [0.1, 0.15) is 16.6 Å². The van der Waals surface area contributed by atoms with Crippen LogP contribution in [-0.4, -0.2) is 37.9 Å². The SMILES string of the molecule is COc1cnc(Cl)cc1-c1cc(C)ncc1C(=O)Nc1nc2c(s1)CN(Cc1cccc(C(F)F)n1)C2. The molecule has 0 saturated carbocycles. The normalized spacial score (nSPS) is 13.1. The van der Waals surface area contributed by atoms with Gasteiger partial charge in [-0.3, -0.25) is 25.0 Å². The highest BCUT2D eigenvalue weighted by atomic mass is 35.5. The highest BCUT2D eigenvalue weighted by Gasteiger charge is 2.26. The van der Waals surface area contributed by atoms with Crippen molar-refractivity contribution in [3.05, 3.63) is 81.1 Å². The molecular formula is C25H21ClF2N6O2S. The summed E-state index contributed by atoms with van der Waals surface area (Å²) in [5.41, 5.74) is 3.49. The molecule has 0 fully saturated rings. The zero-order chi connectivity index (χ0) is 26.1. The van der Waals surface area contributed by atoms with E-state index in [0.29, 0.717) is 52.9 Å². The number of methoxy groups -OCH3 is 1. The van der Waals surface area contributed by atoms with Crippen molar-refractivity contribution < 1.29 is 18.3 Å². The van der Waals surface area contributed by atoms with Gasteiger partial charge in [0, 0.05) is 47.5 Å². The van der Waals surface area contributed by atoms with Crippen LogP contribution in [0.2, 0.25) is 5.15 Å². The Morgan fingerprint density at radius 3 is 2.78 bits per heavy atom. The van der Waals surface area contributed by atoms with E-state index < -0.39 is 6.43 Å². The van der Waals surface area contributed by atoms with Gasteiger partial charge in [0.2, 0.25) is 0 Å². The minimum atomic E-state index is -2.60. The monoisotopic (exact) mass is 542 g/mol. The summed E-state index contributed by atoms with van der Waals surface area (Å²) in [6.07, 6.45) is 0.414. The summed E-state index contributed by atoms with van der Waals surface area (Å²) in [5.74, 6) is 0.112. The number of alkyl halides is 2. The number of fused-ring (bicyclic) bond motifs is 1. The molecule has 0 atom stereocenters. The maximum absolute atomic E-state index is 13.3. The first-order valence-corrected chi connectivity index (χ1v) is 12.4. The molecule has 1 N–H and O–H groups in total. The second-order valence-corrected chi connectivity index (χ2v) is 9.89. The molecule has 4 aromatic rings. The Kier molecular flexibility index (Phi) is 7.09. The molecular weight excluding hydrogens is 522 g/mol. The number of hydrogen-bond acceptors (Lipinski definition) is 8. The number of aromatic nitrogens is 4. The summed E-state index contributed by atoms with van der Waals surface area (Å²) in [7, 11) is 1.52. The van der Waals surface area contributed by atoms with Crippen molar-refractivity contribution in [2.24, 2.45) is 0 Å². The van der Waals surface area contributed by atoms with E-state index in [9.17, 15) is 13.6 Å². The van der Waals surface area contributed by atoms with Crippen LogP contribution in [0.15, 0.2) is 42.7 Å². The third kappa shape index (κ3) is 5.43. The molecule has 37 heavy (non-hydrogen) atoms. The molecule has 8 nitrogen and oxygen atoms in total. The van der Waals surface area contributed by atoms with E-state index in [0.717, 1.165) is 16.3 Å². The van der Waals surface area contributed by atoms with Gasteiger partial charge in [-0.05, 0) is 31.2 Å².